The van der Waals surface area contributed by atoms with Gasteiger partial charge in [0, 0.05) is 0 Å². The predicted molar refractivity (Wildman–Crippen MR) is 166 cm³/mol. The van der Waals surface area contributed by atoms with Crippen LogP contribution in [-0.2, 0) is 50.1 Å². The summed E-state index contributed by atoms with van der Waals surface area (Å²) in [5.74, 6) is 0. The first kappa shape index (κ1) is 30.8. The largest absolute Gasteiger partial charge is 0.387 e. The summed E-state index contributed by atoms with van der Waals surface area (Å²) in [6.07, 6.45) is -2.81. The van der Waals surface area contributed by atoms with Crippen molar-refractivity contribution in [3.05, 3.63) is 156 Å². The molecule has 1 aliphatic carbocycles. The zero-order valence-electron chi connectivity index (χ0n) is 24.3. The van der Waals surface area contributed by atoms with E-state index in [1.807, 2.05) is 121 Å². The van der Waals surface area contributed by atoms with Crippen LogP contribution >= 0.6 is 0 Å². The highest BCUT2D eigenvalue weighted by atomic mass is 16.6. The molecule has 0 heterocycles. The summed E-state index contributed by atoms with van der Waals surface area (Å²) in [7, 11) is 0. The highest BCUT2D eigenvalue weighted by Crippen LogP contribution is 2.34. The molecule has 4 aromatic carbocycles. The van der Waals surface area contributed by atoms with Crippen molar-refractivity contribution < 1.29 is 28.8 Å². The third-order valence-corrected chi connectivity index (χ3v) is 7.52. The number of aliphatic hydroxyl groups is 1. The first-order valence-electron chi connectivity index (χ1n) is 14.8. The zero-order valence-corrected chi connectivity index (χ0v) is 24.3. The number of aliphatic hydroxyl groups excluding tert-OH is 1. The zero-order chi connectivity index (χ0) is 29.7. The topological polar surface area (TPSA) is 66.4 Å². The monoisotopic (exact) mass is 580 g/mol. The summed E-state index contributed by atoms with van der Waals surface area (Å²) in [6, 6.07) is 39.7. The van der Waals surface area contributed by atoms with Crippen LogP contribution in [0.1, 0.15) is 22.3 Å². The van der Waals surface area contributed by atoms with Crippen molar-refractivity contribution >= 4 is 0 Å². The van der Waals surface area contributed by atoms with Crippen molar-refractivity contribution in [3.63, 3.8) is 0 Å². The lowest BCUT2D eigenvalue weighted by molar-refractivity contribution is -0.279. The van der Waals surface area contributed by atoms with E-state index in [4.69, 9.17) is 23.7 Å². The summed E-state index contributed by atoms with van der Waals surface area (Å²) in [4.78, 5) is 0. The van der Waals surface area contributed by atoms with Crippen molar-refractivity contribution in [2.75, 3.05) is 6.61 Å². The number of rotatable bonds is 15. The third-order valence-electron chi connectivity index (χ3n) is 7.52. The van der Waals surface area contributed by atoms with Gasteiger partial charge in [-0.1, -0.05) is 127 Å². The fourth-order valence-corrected chi connectivity index (χ4v) is 5.34. The van der Waals surface area contributed by atoms with Crippen LogP contribution in [0, 0.1) is 0 Å². The molecule has 0 radical (unpaired) electrons. The van der Waals surface area contributed by atoms with Crippen molar-refractivity contribution in [1.82, 2.24) is 0 Å². The van der Waals surface area contributed by atoms with E-state index in [0.717, 1.165) is 22.3 Å². The van der Waals surface area contributed by atoms with E-state index < -0.39 is 36.6 Å². The van der Waals surface area contributed by atoms with Gasteiger partial charge in [-0.3, -0.25) is 0 Å². The Morgan fingerprint density at radius 2 is 0.721 bits per heavy atom. The van der Waals surface area contributed by atoms with Crippen LogP contribution in [0.3, 0.4) is 0 Å². The molecule has 0 amide bonds. The van der Waals surface area contributed by atoms with E-state index in [-0.39, 0.29) is 6.61 Å². The third kappa shape index (κ3) is 8.71. The fourth-order valence-electron chi connectivity index (χ4n) is 5.34. The van der Waals surface area contributed by atoms with Gasteiger partial charge in [-0.05, 0) is 22.3 Å². The van der Waals surface area contributed by atoms with Crippen LogP contribution < -0.4 is 0 Å². The quantitative estimate of drug-likeness (QED) is 0.167. The van der Waals surface area contributed by atoms with Crippen molar-refractivity contribution in [3.8, 4) is 0 Å². The molecule has 1 N–H and O–H groups in total. The van der Waals surface area contributed by atoms with Crippen LogP contribution in [-0.4, -0.2) is 48.3 Å². The van der Waals surface area contributed by atoms with Gasteiger partial charge in [-0.2, -0.15) is 0 Å². The second-order valence-electron chi connectivity index (χ2n) is 10.6. The maximum atomic E-state index is 11.9. The van der Waals surface area contributed by atoms with E-state index in [9.17, 15) is 5.11 Å². The van der Waals surface area contributed by atoms with Gasteiger partial charge in [-0.15, -0.1) is 6.58 Å². The molecule has 0 unspecified atom stereocenters. The van der Waals surface area contributed by atoms with Gasteiger partial charge in [0.1, 0.15) is 36.6 Å². The second-order valence-corrected chi connectivity index (χ2v) is 10.6. The molecule has 4 aromatic rings. The number of ether oxygens (including phenoxy) is 5. The van der Waals surface area contributed by atoms with Gasteiger partial charge in [0.15, 0.2) is 0 Å². The molecule has 0 bridgehead atoms. The molecular formula is C37H40O6. The maximum Gasteiger partial charge on any atom is 0.116 e. The molecule has 6 nitrogen and oxygen atoms in total. The molecular weight excluding hydrogens is 540 g/mol. The first-order valence-corrected chi connectivity index (χ1v) is 14.8. The SMILES string of the molecule is C=CCO[C@H]1[C@H](OCc2ccccc2)[C@@H](OCc2ccccc2)[C@H](OCc2ccccc2)[C@H](O)[C@@H]1OCc1ccccc1. The Morgan fingerprint density at radius 1 is 0.442 bits per heavy atom. The molecule has 0 spiro atoms. The van der Waals surface area contributed by atoms with Crippen LogP contribution in [0.2, 0.25) is 0 Å². The number of hydrogen-bond donors (Lipinski definition) is 1. The molecule has 6 heteroatoms. The minimum absolute atomic E-state index is 0.259. The summed E-state index contributed by atoms with van der Waals surface area (Å²) in [6.45, 7) is 5.35. The molecule has 0 aromatic heterocycles. The van der Waals surface area contributed by atoms with Crippen molar-refractivity contribution in [2.45, 2.75) is 63.1 Å². The van der Waals surface area contributed by atoms with Crippen LogP contribution in [0.4, 0.5) is 0 Å². The number of hydrogen-bond acceptors (Lipinski definition) is 6. The molecule has 0 aliphatic heterocycles. The molecule has 224 valence electrons. The highest BCUT2D eigenvalue weighted by Gasteiger charge is 2.53. The summed E-state index contributed by atoms with van der Waals surface area (Å²) in [5.41, 5.74) is 4.00. The van der Waals surface area contributed by atoms with Crippen molar-refractivity contribution in [2.24, 2.45) is 0 Å². The smallest absolute Gasteiger partial charge is 0.116 e. The Morgan fingerprint density at radius 3 is 1.05 bits per heavy atom. The summed E-state index contributed by atoms with van der Waals surface area (Å²) >= 11 is 0. The van der Waals surface area contributed by atoms with Gasteiger partial charge < -0.3 is 28.8 Å². The van der Waals surface area contributed by atoms with Crippen molar-refractivity contribution in [1.29, 1.82) is 0 Å². The van der Waals surface area contributed by atoms with Gasteiger partial charge in [0.25, 0.3) is 0 Å². The Bertz CT molecular complexity index is 1330. The van der Waals surface area contributed by atoms with Crippen LogP contribution in [0.5, 0.6) is 0 Å². The standard InChI is InChI=1S/C37H40O6/c1-2-23-39-35-33(40-24-28-15-7-3-8-16-28)32(38)34(41-25-29-17-9-4-10-18-29)36(42-26-30-19-11-5-12-20-30)37(35)43-27-31-21-13-6-14-22-31/h2-22,32-38H,1,23-27H2/t32-,33+,34-,35-,36+,37+/m1/s1. The molecule has 1 saturated carbocycles. The molecule has 0 saturated heterocycles. The molecule has 1 aliphatic rings. The lowest BCUT2D eigenvalue weighted by atomic mass is 9.83. The minimum Gasteiger partial charge on any atom is -0.387 e. The molecule has 5 rings (SSSR count). The Kier molecular flexibility index (Phi) is 11.7. The maximum absolute atomic E-state index is 11.9. The lowest BCUT2D eigenvalue weighted by Gasteiger charge is -2.48. The Hall–Kier alpha value is -3.62. The average Bonchev–Trinajstić information content (AvgIpc) is 3.06. The van der Waals surface area contributed by atoms with E-state index in [2.05, 4.69) is 6.58 Å². The minimum atomic E-state index is -1.06. The summed E-state index contributed by atoms with van der Waals surface area (Å²) in [5, 5.41) is 11.9. The van der Waals surface area contributed by atoms with E-state index in [1.165, 1.54) is 0 Å². The Balaban J connectivity index is 1.47. The molecule has 6 atom stereocenters. The molecule has 1 fully saturated rings. The van der Waals surface area contributed by atoms with E-state index in [1.54, 1.807) is 6.08 Å². The van der Waals surface area contributed by atoms with Crippen LogP contribution in [0.25, 0.3) is 0 Å². The summed E-state index contributed by atoms with van der Waals surface area (Å²) < 4.78 is 32.5. The second kappa shape index (κ2) is 16.3. The van der Waals surface area contributed by atoms with Crippen LogP contribution in [0.15, 0.2) is 134 Å². The van der Waals surface area contributed by atoms with Gasteiger partial charge in [-0.25, -0.2) is 0 Å². The van der Waals surface area contributed by atoms with Gasteiger partial charge in [0.2, 0.25) is 0 Å². The Labute approximate surface area is 254 Å². The first-order chi connectivity index (χ1) is 21.2. The average molecular weight is 581 g/mol. The van der Waals surface area contributed by atoms with Gasteiger partial charge >= 0.3 is 0 Å². The number of benzene rings is 4. The van der Waals surface area contributed by atoms with Gasteiger partial charge in [0.05, 0.1) is 33.0 Å². The predicted octanol–water partition coefficient (Wildman–Crippen LogP) is 6.27. The fraction of sp³-hybridized carbons (Fsp3) is 0.297. The highest BCUT2D eigenvalue weighted by molar-refractivity contribution is 5.17. The van der Waals surface area contributed by atoms with E-state index in [0.29, 0.717) is 26.4 Å². The lowest BCUT2D eigenvalue weighted by Crippen LogP contribution is -2.66. The normalized spacial score (nSPS) is 23.6. The van der Waals surface area contributed by atoms with E-state index >= 15 is 0 Å². The molecule has 43 heavy (non-hydrogen) atoms.